The summed E-state index contributed by atoms with van der Waals surface area (Å²) >= 11 is 0. The van der Waals surface area contributed by atoms with Crippen molar-refractivity contribution in [3.05, 3.63) is 77.9 Å². The first-order valence-electron chi connectivity index (χ1n) is 11.1. The van der Waals surface area contributed by atoms with Crippen LogP contribution in [0.2, 0.25) is 0 Å². The fourth-order valence-electron chi connectivity index (χ4n) is 3.37. The molecule has 1 unspecified atom stereocenters. The number of hydrogen-bond acceptors (Lipinski definition) is 7. The molecule has 0 amide bonds. The lowest BCUT2D eigenvalue weighted by molar-refractivity contribution is -0.139. The Morgan fingerprint density at radius 1 is 1.03 bits per heavy atom. The van der Waals surface area contributed by atoms with Gasteiger partial charge < -0.3 is 18.9 Å². The van der Waals surface area contributed by atoms with E-state index in [1.165, 1.54) is 13.2 Å². The summed E-state index contributed by atoms with van der Waals surface area (Å²) in [6.45, 7) is 4.26. The van der Waals surface area contributed by atoms with Crippen molar-refractivity contribution in [3.63, 3.8) is 0 Å². The van der Waals surface area contributed by atoms with Gasteiger partial charge in [-0.25, -0.2) is 14.4 Å². The highest BCUT2D eigenvalue weighted by Gasteiger charge is 2.26. The van der Waals surface area contributed by atoms with Crippen LogP contribution >= 0.6 is 0 Å². The number of ether oxygens (including phenoxy) is 4. The predicted molar refractivity (Wildman–Crippen MR) is 126 cm³/mol. The molecule has 178 valence electrons. The molecule has 0 aliphatic carbocycles. The zero-order chi connectivity index (χ0) is 24.3. The largest absolute Gasteiger partial charge is 0.494 e. The molecular formula is C27H28O7. The first kappa shape index (κ1) is 24.8. The number of methoxy groups -OCH3 is 1. The van der Waals surface area contributed by atoms with Gasteiger partial charge in [0, 0.05) is 18.1 Å². The summed E-state index contributed by atoms with van der Waals surface area (Å²) in [4.78, 5) is 34.8. The molecule has 2 aromatic carbocycles. The zero-order valence-electron chi connectivity index (χ0n) is 19.2. The van der Waals surface area contributed by atoms with Gasteiger partial charge in [-0.15, -0.1) is 0 Å². The lowest BCUT2D eigenvalue weighted by atomic mass is 10.1. The van der Waals surface area contributed by atoms with Gasteiger partial charge in [0.1, 0.15) is 17.6 Å². The van der Waals surface area contributed by atoms with Crippen LogP contribution < -0.4 is 9.47 Å². The minimum atomic E-state index is -0.473. The highest BCUT2D eigenvalue weighted by Crippen LogP contribution is 2.23. The van der Waals surface area contributed by atoms with Gasteiger partial charge in [-0.3, -0.25) is 0 Å². The van der Waals surface area contributed by atoms with Crippen molar-refractivity contribution >= 4 is 24.0 Å². The van der Waals surface area contributed by atoms with E-state index in [2.05, 4.69) is 11.3 Å². The first-order chi connectivity index (χ1) is 16.4. The number of carbonyl (C=O) groups is 3. The van der Waals surface area contributed by atoms with E-state index in [0.717, 1.165) is 31.2 Å². The summed E-state index contributed by atoms with van der Waals surface area (Å²) in [5.74, 6) is -0.109. The molecule has 7 nitrogen and oxygen atoms in total. The molecule has 0 saturated carbocycles. The average molecular weight is 465 g/mol. The van der Waals surface area contributed by atoms with E-state index in [1.807, 2.05) is 0 Å². The molecule has 1 aliphatic heterocycles. The maximum atomic E-state index is 12.4. The summed E-state index contributed by atoms with van der Waals surface area (Å²) < 4.78 is 20.9. The molecule has 0 aromatic heterocycles. The van der Waals surface area contributed by atoms with Gasteiger partial charge >= 0.3 is 17.9 Å². The van der Waals surface area contributed by atoms with Crippen LogP contribution in [0, 0.1) is 0 Å². The summed E-state index contributed by atoms with van der Waals surface area (Å²) in [6, 6.07) is 13.6. The van der Waals surface area contributed by atoms with Crippen molar-refractivity contribution in [2.45, 2.75) is 38.2 Å². The number of unbranched alkanes of at least 4 members (excludes halogenated alkanes) is 2. The van der Waals surface area contributed by atoms with Crippen LogP contribution in [0.4, 0.5) is 0 Å². The van der Waals surface area contributed by atoms with Crippen LogP contribution in [0.1, 0.15) is 48.0 Å². The van der Waals surface area contributed by atoms with Crippen LogP contribution in [0.15, 0.2) is 66.8 Å². The van der Waals surface area contributed by atoms with Crippen molar-refractivity contribution in [1.82, 2.24) is 0 Å². The van der Waals surface area contributed by atoms with E-state index in [4.69, 9.17) is 14.2 Å². The molecule has 2 aromatic rings. The van der Waals surface area contributed by atoms with E-state index < -0.39 is 11.9 Å². The third-order valence-electron chi connectivity index (χ3n) is 5.27. The van der Waals surface area contributed by atoms with Crippen LogP contribution in [0.3, 0.4) is 0 Å². The molecule has 0 spiro atoms. The number of carbonyl (C=O) groups excluding carboxylic acids is 3. The van der Waals surface area contributed by atoms with Crippen molar-refractivity contribution < 1.29 is 33.3 Å². The highest BCUT2D eigenvalue weighted by molar-refractivity contribution is 5.91. The lowest BCUT2D eigenvalue weighted by Gasteiger charge is -2.09. The third-order valence-corrected chi connectivity index (χ3v) is 5.27. The minimum Gasteiger partial charge on any atom is -0.494 e. The Labute approximate surface area is 199 Å². The van der Waals surface area contributed by atoms with Gasteiger partial charge in [0.2, 0.25) is 0 Å². The Morgan fingerprint density at radius 2 is 1.74 bits per heavy atom. The van der Waals surface area contributed by atoms with Crippen LogP contribution in [0.25, 0.3) is 6.08 Å². The second-order valence-corrected chi connectivity index (χ2v) is 7.87. The van der Waals surface area contributed by atoms with Gasteiger partial charge in [0.25, 0.3) is 0 Å². The number of esters is 3. The number of rotatable bonds is 11. The standard InChI is InChI=1S/C27H28O7/c1-19-18-24(34-26(19)29)6-4-3-5-17-32-22-14-10-21(11-15-22)27(30)33-23-12-7-20(8-13-23)9-16-25(28)31-2/h7-16,24H,1,3-6,17-18H2,2H3. The normalized spacial score (nSPS) is 15.3. The summed E-state index contributed by atoms with van der Waals surface area (Å²) in [5, 5.41) is 0. The Hall–Kier alpha value is -3.87. The Morgan fingerprint density at radius 3 is 2.38 bits per heavy atom. The first-order valence-corrected chi connectivity index (χ1v) is 11.1. The number of benzene rings is 2. The van der Waals surface area contributed by atoms with Crippen LogP contribution in [-0.4, -0.2) is 37.7 Å². The smallest absolute Gasteiger partial charge is 0.343 e. The molecule has 7 heteroatoms. The minimum absolute atomic E-state index is 0.0328. The van der Waals surface area contributed by atoms with Crippen molar-refractivity contribution in [3.8, 4) is 11.5 Å². The van der Waals surface area contributed by atoms with E-state index in [9.17, 15) is 14.4 Å². The zero-order valence-corrected chi connectivity index (χ0v) is 19.2. The Bertz CT molecular complexity index is 1020. The van der Waals surface area contributed by atoms with Gasteiger partial charge in [-0.1, -0.05) is 18.7 Å². The summed E-state index contributed by atoms with van der Waals surface area (Å²) in [5.41, 5.74) is 1.75. The van der Waals surface area contributed by atoms with Crippen molar-refractivity contribution in [2.75, 3.05) is 13.7 Å². The second kappa shape index (κ2) is 12.4. The van der Waals surface area contributed by atoms with Gasteiger partial charge in [0.05, 0.1) is 19.3 Å². The quantitative estimate of drug-likeness (QED) is 0.202. The molecule has 1 fully saturated rings. The van der Waals surface area contributed by atoms with Gasteiger partial charge in [-0.2, -0.15) is 0 Å². The summed E-state index contributed by atoms with van der Waals surface area (Å²) in [7, 11) is 1.31. The van der Waals surface area contributed by atoms with E-state index in [1.54, 1.807) is 54.6 Å². The fraction of sp³-hybridized carbons (Fsp3) is 0.296. The molecule has 3 rings (SSSR count). The summed E-state index contributed by atoms with van der Waals surface area (Å²) in [6.07, 6.45) is 7.18. The SMILES string of the molecule is C=C1CC(CCCCCOc2ccc(C(=O)Oc3ccc(C=CC(=O)OC)cc3)cc2)OC1=O. The molecule has 0 radical (unpaired) electrons. The Kier molecular flexibility index (Phi) is 9.03. The van der Waals surface area contributed by atoms with E-state index in [0.29, 0.717) is 35.7 Å². The molecule has 0 bridgehead atoms. The maximum absolute atomic E-state index is 12.4. The van der Waals surface area contributed by atoms with Crippen LogP contribution in [-0.2, 0) is 19.1 Å². The lowest BCUT2D eigenvalue weighted by Crippen LogP contribution is -2.08. The molecule has 1 aliphatic rings. The van der Waals surface area contributed by atoms with Crippen molar-refractivity contribution in [1.29, 1.82) is 0 Å². The second-order valence-electron chi connectivity index (χ2n) is 7.87. The number of cyclic esters (lactones) is 1. The Balaban J connectivity index is 1.36. The number of hydrogen-bond donors (Lipinski definition) is 0. The molecule has 1 heterocycles. The van der Waals surface area contributed by atoms with E-state index >= 15 is 0 Å². The van der Waals surface area contributed by atoms with E-state index in [-0.39, 0.29) is 12.1 Å². The fourth-order valence-corrected chi connectivity index (χ4v) is 3.37. The maximum Gasteiger partial charge on any atom is 0.343 e. The van der Waals surface area contributed by atoms with Crippen molar-refractivity contribution in [2.24, 2.45) is 0 Å². The topological polar surface area (TPSA) is 88.1 Å². The molecular weight excluding hydrogens is 436 g/mol. The predicted octanol–water partition coefficient (Wildman–Crippen LogP) is 4.90. The van der Waals surface area contributed by atoms with Crippen LogP contribution in [0.5, 0.6) is 11.5 Å². The third kappa shape index (κ3) is 7.62. The van der Waals surface area contributed by atoms with Gasteiger partial charge in [-0.05, 0) is 73.7 Å². The van der Waals surface area contributed by atoms with Gasteiger partial charge in [0.15, 0.2) is 0 Å². The average Bonchev–Trinajstić information content (AvgIpc) is 3.17. The molecule has 0 N–H and O–H groups in total. The molecule has 1 saturated heterocycles. The molecule has 34 heavy (non-hydrogen) atoms. The highest BCUT2D eigenvalue weighted by atomic mass is 16.6. The molecule has 1 atom stereocenters. The monoisotopic (exact) mass is 464 g/mol.